The maximum Gasteiger partial charge on any atom is 0.232 e. The van der Waals surface area contributed by atoms with Crippen LogP contribution >= 0.6 is 0 Å². The minimum Gasteiger partial charge on any atom is -0.507 e. The van der Waals surface area contributed by atoms with Gasteiger partial charge < -0.3 is 19.7 Å². The van der Waals surface area contributed by atoms with E-state index in [0.717, 1.165) is 11.1 Å². The number of Topliss-reactive ketones (excluding diaryl/α,β-unsaturated/α-hetero) is 4. The van der Waals surface area contributed by atoms with Crippen LogP contribution in [-0.4, -0.2) is 47.6 Å². The Bertz CT molecular complexity index is 1450. The molecule has 0 saturated heterocycles. The van der Waals surface area contributed by atoms with Crippen LogP contribution in [0, 0.1) is 0 Å². The number of methoxy groups -OCH3 is 2. The van der Waals surface area contributed by atoms with Gasteiger partial charge in [0.25, 0.3) is 0 Å². The highest BCUT2D eigenvalue weighted by Crippen LogP contribution is 2.41. The highest BCUT2D eigenvalue weighted by Gasteiger charge is 2.40. The summed E-state index contributed by atoms with van der Waals surface area (Å²) in [6.45, 7) is 2.62. The molecule has 0 fully saturated rings. The van der Waals surface area contributed by atoms with Crippen LogP contribution in [0.25, 0.3) is 0 Å². The second-order valence-corrected chi connectivity index (χ2v) is 9.59. The van der Waals surface area contributed by atoms with Gasteiger partial charge in [-0.3, -0.25) is 19.2 Å². The van der Waals surface area contributed by atoms with Crippen molar-refractivity contribution in [2.45, 2.75) is 39.5 Å². The van der Waals surface area contributed by atoms with Crippen LogP contribution in [0.1, 0.15) is 37.8 Å². The molecule has 0 aromatic heterocycles. The molecule has 0 spiro atoms. The van der Waals surface area contributed by atoms with E-state index in [4.69, 9.17) is 9.47 Å². The first-order valence-corrected chi connectivity index (χ1v) is 12.8. The van der Waals surface area contributed by atoms with E-state index < -0.39 is 34.7 Å². The largest absolute Gasteiger partial charge is 0.507 e. The molecule has 206 valence electrons. The average Bonchev–Trinajstić information content (AvgIpc) is 2.98. The Morgan fingerprint density at radius 2 is 0.900 bits per heavy atom. The van der Waals surface area contributed by atoms with Gasteiger partial charge in [-0.25, -0.2) is 0 Å². The van der Waals surface area contributed by atoms with Crippen molar-refractivity contribution in [3.05, 3.63) is 105 Å². The fraction of sp³-hybridized carbons (Fsp3) is 0.250. The Labute approximate surface area is 231 Å². The summed E-state index contributed by atoms with van der Waals surface area (Å²) in [5.41, 5.74) is 0.808. The molecule has 0 saturated carbocycles. The molecule has 2 aromatic carbocycles. The molecule has 8 heteroatoms. The highest BCUT2D eigenvalue weighted by molar-refractivity contribution is 6.52. The summed E-state index contributed by atoms with van der Waals surface area (Å²) in [5, 5.41) is 22.5. The van der Waals surface area contributed by atoms with Gasteiger partial charge in [0.1, 0.15) is 23.0 Å². The minimum absolute atomic E-state index is 0.00930. The zero-order chi connectivity index (χ0) is 29.1. The molecule has 4 rings (SSSR count). The van der Waals surface area contributed by atoms with Crippen molar-refractivity contribution in [1.29, 1.82) is 0 Å². The molecule has 0 aliphatic heterocycles. The van der Waals surface area contributed by atoms with Gasteiger partial charge in [0.05, 0.1) is 14.2 Å². The Balaban J connectivity index is 1.91. The molecule has 2 aromatic rings. The highest BCUT2D eigenvalue weighted by atomic mass is 16.5. The van der Waals surface area contributed by atoms with Crippen molar-refractivity contribution in [3.63, 3.8) is 0 Å². The first-order valence-electron chi connectivity index (χ1n) is 12.8. The first kappa shape index (κ1) is 28.3. The predicted octanol–water partition coefficient (Wildman–Crippen LogP) is 4.83. The minimum atomic E-state index is -0.870. The fourth-order valence-corrected chi connectivity index (χ4v) is 5.07. The number of aryl methyl sites for hydroxylation is 2. The second kappa shape index (κ2) is 11.6. The monoisotopic (exact) mass is 542 g/mol. The summed E-state index contributed by atoms with van der Waals surface area (Å²) in [6, 6.07) is 14.4. The van der Waals surface area contributed by atoms with Gasteiger partial charge in [0.2, 0.25) is 23.1 Å². The molecule has 0 bridgehead atoms. The number of benzene rings is 2. The molecular formula is C32H30O8. The normalized spacial score (nSPS) is 16.4. The van der Waals surface area contributed by atoms with Crippen molar-refractivity contribution in [2.75, 3.05) is 14.2 Å². The number of aliphatic hydroxyl groups excluding tert-OH is 2. The molecule has 0 atom stereocenters. The molecule has 2 aliphatic carbocycles. The van der Waals surface area contributed by atoms with Gasteiger partial charge in [-0.05, 0) is 62.8 Å². The zero-order valence-corrected chi connectivity index (χ0v) is 22.8. The standard InChI is InChI=1S/C32H30O8/c1-17-27(33)25(21(31(37)29(17)35)15-13-19-9-5-7-11-23(19)39-3)26-22(32(38)30(36)18(2)28(26)34)16-14-20-10-6-8-12-24(20)40-4/h5-12,33-34H,13-16H2,1-4H3. The molecule has 40 heavy (non-hydrogen) atoms. The van der Waals surface area contributed by atoms with E-state index in [1.165, 1.54) is 28.1 Å². The van der Waals surface area contributed by atoms with Crippen LogP contribution in [0.4, 0.5) is 0 Å². The van der Waals surface area contributed by atoms with Gasteiger partial charge in [0.15, 0.2) is 0 Å². The number of para-hydroxylation sites is 2. The van der Waals surface area contributed by atoms with Crippen LogP contribution in [0.15, 0.2) is 93.5 Å². The van der Waals surface area contributed by atoms with E-state index in [9.17, 15) is 29.4 Å². The Morgan fingerprint density at radius 1 is 0.550 bits per heavy atom. The van der Waals surface area contributed by atoms with Gasteiger partial charge in [0, 0.05) is 33.4 Å². The number of rotatable bonds is 9. The third-order valence-corrected chi connectivity index (χ3v) is 7.35. The number of ether oxygens (including phenoxy) is 2. The Kier molecular flexibility index (Phi) is 8.18. The van der Waals surface area contributed by atoms with E-state index in [1.54, 1.807) is 24.3 Å². The maximum absolute atomic E-state index is 13.3. The summed E-state index contributed by atoms with van der Waals surface area (Å²) in [7, 11) is 3.04. The SMILES string of the molecule is COc1ccccc1CCC1=C(C2=C(CCc3ccccc3OC)C(=O)C(=O)C(C)=C2O)C(O)=C(C)C(=O)C1=O. The lowest BCUT2D eigenvalue weighted by Crippen LogP contribution is -2.31. The lowest BCUT2D eigenvalue weighted by Gasteiger charge is -2.27. The van der Waals surface area contributed by atoms with Crippen LogP contribution in [0.3, 0.4) is 0 Å². The van der Waals surface area contributed by atoms with Crippen molar-refractivity contribution in [2.24, 2.45) is 0 Å². The third-order valence-electron chi connectivity index (χ3n) is 7.35. The molecule has 0 amide bonds. The van der Waals surface area contributed by atoms with E-state index in [1.807, 2.05) is 24.3 Å². The van der Waals surface area contributed by atoms with Crippen LogP contribution in [0.2, 0.25) is 0 Å². The van der Waals surface area contributed by atoms with Crippen LogP contribution in [0.5, 0.6) is 11.5 Å². The van der Waals surface area contributed by atoms with Crippen LogP contribution in [-0.2, 0) is 32.0 Å². The lowest BCUT2D eigenvalue weighted by molar-refractivity contribution is -0.132. The van der Waals surface area contributed by atoms with Crippen molar-refractivity contribution >= 4 is 23.1 Å². The van der Waals surface area contributed by atoms with Crippen molar-refractivity contribution < 1.29 is 38.9 Å². The third kappa shape index (κ3) is 5.00. The lowest BCUT2D eigenvalue weighted by atomic mass is 9.76. The summed E-state index contributed by atoms with van der Waals surface area (Å²) in [4.78, 5) is 52.2. The summed E-state index contributed by atoms with van der Waals surface area (Å²) in [6.07, 6.45) is 0.563. The predicted molar refractivity (Wildman–Crippen MR) is 147 cm³/mol. The van der Waals surface area contributed by atoms with E-state index >= 15 is 0 Å². The fourth-order valence-electron chi connectivity index (χ4n) is 5.07. The van der Waals surface area contributed by atoms with Gasteiger partial charge in [-0.15, -0.1) is 0 Å². The Morgan fingerprint density at radius 3 is 1.25 bits per heavy atom. The van der Waals surface area contributed by atoms with E-state index in [-0.39, 0.29) is 59.1 Å². The number of ketones is 4. The number of allylic oxidation sites excluding steroid dienone is 6. The van der Waals surface area contributed by atoms with Gasteiger partial charge in [-0.2, -0.15) is 0 Å². The van der Waals surface area contributed by atoms with E-state index in [2.05, 4.69) is 0 Å². The summed E-state index contributed by atoms with van der Waals surface area (Å²) in [5.74, 6) is -3.26. The maximum atomic E-state index is 13.3. The summed E-state index contributed by atoms with van der Waals surface area (Å²) >= 11 is 0. The van der Waals surface area contributed by atoms with E-state index in [0.29, 0.717) is 11.5 Å². The molecule has 8 nitrogen and oxygen atoms in total. The van der Waals surface area contributed by atoms with Gasteiger partial charge >= 0.3 is 0 Å². The first-order chi connectivity index (χ1) is 19.1. The number of hydrogen-bond acceptors (Lipinski definition) is 8. The number of aliphatic hydroxyl groups is 2. The Hall–Kier alpha value is -4.72. The quantitative estimate of drug-likeness (QED) is 0.341. The van der Waals surface area contributed by atoms with Crippen molar-refractivity contribution in [1.82, 2.24) is 0 Å². The average molecular weight is 543 g/mol. The molecule has 0 radical (unpaired) electrons. The topological polar surface area (TPSA) is 127 Å². The smallest absolute Gasteiger partial charge is 0.232 e. The van der Waals surface area contributed by atoms with Crippen molar-refractivity contribution in [3.8, 4) is 11.5 Å². The second-order valence-electron chi connectivity index (χ2n) is 9.59. The summed E-state index contributed by atoms with van der Waals surface area (Å²) < 4.78 is 10.8. The number of carbonyl (C=O) groups excluding carboxylic acids is 4. The number of carbonyl (C=O) groups is 4. The van der Waals surface area contributed by atoms with Gasteiger partial charge in [-0.1, -0.05) is 36.4 Å². The molecule has 0 heterocycles. The molecule has 2 aliphatic rings. The zero-order valence-electron chi connectivity index (χ0n) is 22.8. The molecular weight excluding hydrogens is 512 g/mol. The molecule has 2 N–H and O–H groups in total. The number of hydrogen-bond donors (Lipinski definition) is 2. The van der Waals surface area contributed by atoms with Crippen LogP contribution < -0.4 is 9.47 Å². The molecule has 0 unspecified atom stereocenters.